The van der Waals surface area contributed by atoms with Crippen molar-refractivity contribution in [2.24, 2.45) is 56.2 Å². The minimum atomic E-state index is -0.590. The van der Waals surface area contributed by atoms with Crippen LogP contribution in [-0.4, -0.2) is 24.7 Å². The van der Waals surface area contributed by atoms with Gasteiger partial charge in [0.05, 0.1) is 19.2 Å². The summed E-state index contributed by atoms with van der Waals surface area (Å²) >= 11 is 0. The summed E-state index contributed by atoms with van der Waals surface area (Å²) in [7, 11) is 0. The second-order valence-electron chi connectivity index (χ2n) is 15.8. The van der Waals surface area contributed by atoms with Gasteiger partial charge in [-0.05, 0) is 89.8 Å². The Bertz CT molecular complexity index is 1170. The van der Waals surface area contributed by atoms with Gasteiger partial charge >= 0.3 is 0 Å². The van der Waals surface area contributed by atoms with Crippen LogP contribution in [0.2, 0.25) is 0 Å². The molecule has 0 aromatic heterocycles. The number of nitrogens with one attached hydrogen (secondary N) is 1. The molecule has 0 heterocycles. The molecule has 4 fully saturated rings. The SMILES string of the molecule is [C-]#[N+]C1=C[C@]2(C)[C@H]3CC(=O)[C@@H]4[C@@H]5CC(C)(C)CC[C@]5(CNCC#N)CC[C@@]4(C)[C@]3(C)CC[C@H]2C(C)(C)C1=O. The maximum absolute atomic E-state index is 14.5. The minimum Gasteiger partial charge on any atom is -0.307 e. The van der Waals surface area contributed by atoms with Gasteiger partial charge in [-0.2, -0.15) is 5.26 Å². The van der Waals surface area contributed by atoms with E-state index >= 15 is 0 Å². The molecule has 5 nitrogen and oxygen atoms in total. The zero-order valence-corrected chi connectivity index (χ0v) is 24.7. The molecule has 5 rings (SSSR count). The van der Waals surface area contributed by atoms with Crippen molar-refractivity contribution in [1.82, 2.24) is 5.32 Å². The van der Waals surface area contributed by atoms with Crippen LogP contribution in [0.3, 0.4) is 0 Å². The molecule has 0 amide bonds. The quantitative estimate of drug-likeness (QED) is 0.255. The van der Waals surface area contributed by atoms with E-state index in [-0.39, 0.29) is 56.3 Å². The molecule has 0 radical (unpaired) electrons. The van der Waals surface area contributed by atoms with Crippen LogP contribution in [0.25, 0.3) is 4.85 Å². The van der Waals surface area contributed by atoms with Gasteiger partial charge in [-0.3, -0.25) is 4.79 Å². The number of hydrogen-bond acceptors (Lipinski definition) is 4. The van der Waals surface area contributed by atoms with Crippen molar-refractivity contribution in [2.75, 3.05) is 13.1 Å². The number of allylic oxidation sites excluding steroid dienone is 2. The van der Waals surface area contributed by atoms with Crippen LogP contribution in [0.15, 0.2) is 11.8 Å². The van der Waals surface area contributed by atoms with Crippen LogP contribution in [0.4, 0.5) is 0 Å². The van der Waals surface area contributed by atoms with Crippen LogP contribution in [0, 0.1) is 74.1 Å². The zero-order valence-electron chi connectivity index (χ0n) is 24.7. The normalized spacial score (nSPS) is 46.8. The van der Waals surface area contributed by atoms with E-state index in [1.165, 1.54) is 6.42 Å². The molecule has 8 atom stereocenters. The van der Waals surface area contributed by atoms with Crippen molar-refractivity contribution >= 4 is 11.6 Å². The zero-order chi connectivity index (χ0) is 27.9. The molecule has 1 N–H and O–H groups in total. The number of rotatable bonds is 3. The first-order valence-corrected chi connectivity index (χ1v) is 14.9. The first-order valence-electron chi connectivity index (χ1n) is 14.9. The average Bonchev–Trinajstić information content (AvgIpc) is 2.83. The van der Waals surface area contributed by atoms with Crippen molar-refractivity contribution in [3.8, 4) is 6.07 Å². The Morgan fingerprint density at radius 3 is 2.34 bits per heavy atom. The van der Waals surface area contributed by atoms with Crippen LogP contribution in [-0.2, 0) is 9.59 Å². The summed E-state index contributed by atoms with van der Waals surface area (Å²) in [6, 6.07) is 2.25. The van der Waals surface area contributed by atoms with Gasteiger partial charge in [0.1, 0.15) is 5.78 Å². The number of fused-ring (bicyclic) bond motifs is 7. The lowest BCUT2D eigenvalue weighted by Gasteiger charge is -2.72. The molecule has 0 saturated heterocycles. The first kappa shape index (κ1) is 27.6. The molecule has 5 heteroatoms. The highest BCUT2D eigenvalue weighted by Gasteiger charge is 2.71. The Morgan fingerprint density at radius 1 is 1.00 bits per heavy atom. The van der Waals surface area contributed by atoms with E-state index in [1.807, 2.05) is 19.9 Å². The van der Waals surface area contributed by atoms with Crippen molar-refractivity contribution < 1.29 is 9.59 Å². The fraction of sp³-hybridized carbons (Fsp3) is 0.818. The topological polar surface area (TPSA) is 74.3 Å². The number of carbonyl (C=O) groups excluding carboxylic acids is 2. The Morgan fingerprint density at radius 2 is 1.68 bits per heavy atom. The molecule has 206 valence electrons. The third-order valence-corrected chi connectivity index (χ3v) is 13.3. The number of ketones is 2. The smallest absolute Gasteiger partial charge is 0.226 e. The number of Topliss-reactive ketones (excluding diaryl/α,β-unsaturated/α-hetero) is 2. The Balaban J connectivity index is 1.60. The molecule has 0 unspecified atom stereocenters. The summed E-state index contributed by atoms with van der Waals surface area (Å²) in [5, 5.41) is 12.6. The molecule has 0 bridgehead atoms. The standard InChI is InChI=1S/C33H47N3O2/c1-28(2)11-13-33(20-36-16-15-34)14-12-32(7)26(21(33)18-28)23(37)17-25-30(5)19-22(35-8)27(38)29(3,4)24(30)9-10-31(25,32)6/h19,21,24-26,36H,9-14,16-18,20H2,1-7H3/t21-,24-,25+,26-,30-,31+,32+,33+/m0/s1. The van der Waals surface area contributed by atoms with Gasteiger partial charge < -0.3 is 10.1 Å². The van der Waals surface area contributed by atoms with Gasteiger partial charge in [0.2, 0.25) is 5.70 Å². The lowest BCUT2D eigenvalue weighted by molar-refractivity contribution is -0.222. The van der Waals surface area contributed by atoms with E-state index in [0.29, 0.717) is 24.7 Å². The monoisotopic (exact) mass is 517 g/mol. The van der Waals surface area contributed by atoms with Crippen molar-refractivity contribution in [3.05, 3.63) is 23.2 Å². The summed E-state index contributed by atoms with van der Waals surface area (Å²) < 4.78 is 0. The van der Waals surface area contributed by atoms with E-state index in [0.717, 1.165) is 45.1 Å². The second kappa shape index (κ2) is 8.51. The van der Waals surface area contributed by atoms with Gasteiger partial charge in [-0.25, -0.2) is 4.85 Å². The van der Waals surface area contributed by atoms with Gasteiger partial charge in [-0.1, -0.05) is 54.5 Å². The number of hydrogen-bond donors (Lipinski definition) is 1. The summed E-state index contributed by atoms with van der Waals surface area (Å²) in [5.41, 5.74) is -0.522. The molecule has 5 aliphatic carbocycles. The van der Waals surface area contributed by atoms with E-state index in [4.69, 9.17) is 6.57 Å². The molecule has 5 aliphatic rings. The Hall–Kier alpha value is -1.98. The molecule has 0 aromatic carbocycles. The molecule has 38 heavy (non-hydrogen) atoms. The van der Waals surface area contributed by atoms with Crippen molar-refractivity contribution in [1.29, 1.82) is 5.26 Å². The Kier molecular flexibility index (Phi) is 6.18. The molecule has 0 aromatic rings. The predicted molar refractivity (Wildman–Crippen MR) is 148 cm³/mol. The Labute approximate surface area is 230 Å². The fourth-order valence-electron chi connectivity index (χ4n) is 11.1. The lowest BCUT2D eigenvalue weighted by atomic mass is 9.31. The average molecular weight is 518 g/mol. The third kappa shape index (κ3) is 3.49. The van der Waals surface area contributed by atoms with E-state index in [1.54, 1.807) is 0 Å². The molecular weight excluding hydrogens is 470 g/mol. The van der Waals surface area contributed by atoms with E-state index < -0.39 is 5.41 Å². The van der Waals surface area contributed by atoms with Crippen molar-refractivity contribution in [2.45, 2.75) is 99.8 Å². The second-order valence-corrected chi connectivity index (χ2v) is 15.8. The third-order valence-electron chi connectivity index (χ3n) is 13.3. The maximum atomic E-state index is 14.5. The largest absolute Gasteiger partial charge is 0.307 e. The van der Waals surface area contributed by atoms with Gasteiger partial charge in [0, 0.05) is 24.3 Å². The van der Waals surface area contributed by atoms with E-state index in [2.05, 4.69) is 50.8 Å². The number of carbonyl (C=O) groups is 2. The summed E-state index contributed by atoms with van der Waals surface area (Å²) in [6.07, 6.45) is 10.0. The van der Waals surface area contributed by atoms with E-state index in [9.17, 15) is 14.9 Å². The lowest BCUT2D eigenvalue weighted by Crippen LogP contribution is -2.69. The van der Waals surface area contributed by atoms with Gasteiger partial charge in [-0.15, -0.1) is 0 Å². The fourth-order valence-corrected chi connectivity index (χ4v) is 11.1. The summed E-state index contributed by atoms with van der Waals surface area (Å²) in [6.45, 7) is 24.9. The maximum Gasteiger partial charge on any atom is 0.226 e. The van der Waals surface area contributed by atoms with Crippen LogP contribution in [0.1, 0.15) is 99.8 Å². The molecule has 4 saturated carbocycles. The minimum absolute atomic E-state index is 0.0263. The molecule has 0 aliphatic heterocycles. The highest BCUT2D eigenvalue weighted by Crippen LogP contribution is 2.75. The summed E-state index contributed by atoms with van der Waals surface area (Å²) in [4.78, 5) is 31.5. The highest BCUT2D eigenvalue weighted by molar-refractivity contribution is 6.02. The van der Waals surface area contributed by atoms with Gasteiger partial charge in [0.25, 0.3) is 0 Å². The first-order chi connectivity index (χ1) is 17.6. The van der Waals surface area contributed by atoms with Crippen LogP contribution >= 0.6 is 0 Å². The van der Waals surface area contributed by atoms with Gasteiger partial charge in [0.15, 0.2) is 5.78 Å². The number of nitrogens with zero attached hydrogens (tertiary/aromatic N) is 2. The highest BCUT2D eigenvalue weighted by atomic mass is 16.1. The summed E-state index contributed by atoms with van der Waals surface area (Å²) in [5.74, 6) is 1.02. The molecular formula is C33H47N3O2. The number of nitriles is 1. The predicted octanol–water partition coefficient (Wildman–Crippen LogP) is 6.75. The van der Waals surface area contributed by atoms with Crippen LogP contribution < -0.4 is 5.32 Å². The van der Waals surface area contributed by atoms with Crippen molar-refractivity contribution in [3.63, 3.8) is 0 Å². The molecule has 0 spiro atoms. The van der Waals surface area contributed by atoms with Crippen LogP contribution in [0.5, 0.6) is 0 Å².